The van der Waals surface area contributed by atoms with Crippen molar-refractivity contribution in [3.63, 3.8) is 0 Å². The molecule has 21 heavy (non-hydrogen) atoms. The maximum absolute atomic E-state index is 12.4. The molecular formula is C18H15NO2. The van der Waals surface area contributed by atoms with Crippen molar-refractivity contribution < 1.29 is 9.53 Å². The average Bonchev–Trinajstić information content (AvgIpc) is 2.55. The molecule has 0 saturated carbocycles. The van der Waals surface area contributed by atoms with Crippen LogP contribution in [0.25, 0.3) is 10.9 Å². The summed E-state index contributed by atoms with van der Waals surface area (Å²) in [6.45, 7) is 0. The van der Waals surface area contributed by atoms with Crippen LogP contribution in [0.5, 0.6) is 5.75 Å². The normalized spacial score (nSPS) is 10.5. The summed E-state index contributed by atoms with van der Waals surface area (Å²) in [6, 6.07) is 17.2. The molecule has 0 aliphatic rings. The Morgan fingerprint density at radius 2 is 1.86 bits per heavy atom. The first-order chi connectivity index (χ1) is 10.3. The van der Waals surface area contributed by atoms with E-state index in [0.29, 0.717) is 12.0 Å². The van der Waals surface area contributed by atoms with Crippen LogP contribution in [-0.4, -0.2) is 17.9 Å². The van der Waals surface area contributed by atoms with Crippen molar-refractivity contribution in [2.75, 3.05) is 7.11 Å². The predicted octanol–water partition coefficient (Wildman–Crippen LogP) is 3.67. The molecule has 0 atom stereocenters. The molecule has 1 aromatic heterocycles. The Morgan fingerprint density at radius 3 is 2.71 bits per heavy atom. The number of rotatable bonds is 4. The molecule has 0 aliphatic carbocycles. The highest BCUT2D eigenvalue weighted by Crippen LogP contribution is 2.20. The zero-order valence-corrected chi connectivity index (χ0v) is 11.7. The Labute approximate surface area is 123 Å². The highest BCUT2D eigenvalue weighted by atomic mass is 16.5. The molecule has 0 amide bonds. The third-order valence-corrected chi connectivity index (χ3v) is 3.46. The van der Waals surface area contributed by atoms with Gasteiger partial charge >= 0.3 is 0 Å². The minimum atomic E-state index is 0.0396. The summed E-state index contributed by atoms with van der Waals surface area (Å²) < 4.78 is 5.28. The van der Waals surface area contributed by atoms with Crippen molar-refractivity contribution >= 4 is 16.7 Å². The van der Waals surface area contributed by atoms with E-state index in [0.717, 1.165) is 22.2 Å². The van der Waals surface area contributed by atoms with Crippen LogP contribution in [0.2, 0.25) is 0 Å². The van der Waals surface area contributed by atoms with Gasteiger partial charge in [0.15, 0.2) is 5.78 Å². The SMILES string of the molecule is COc1ccccc1CC(=O)c1cnc2ccccc2c1. The van der Waals surface area contributed by atoms with E-state index in [2.05, 4.69) is 4.98 Å². The van der Waals surface area contributed by atoms with E-state index >= 15 is 0 Å². The molecule has 3 aromatic rings. The van der Waals surface area contributed by atoms with E-state index in [-0.39, 0.29) is 5.78 Å². The Kier molecular flexibility index (Phi) is 3.65. The number of benzene rings is 2. The van der Waals surface area contributed by atoms with Gasteiger partial charge in [-0.25, -0.2) is 0 Å². The molecular weight excluding hydrogens is 262 g/mol. The molecule has 0 saturated heterocycles. The first-order valence-corrected chi connectivity index (χ1v) is 6.78. The highest BCUT2D eigenvalue weighted by Gasteiger charge is 2.11. The highest BCUT2D eigenvalue weighted by molar-refractivity contribution is 6.00. The lowest BCUT2D eigenvalue weighted by Crippen LogP contribution is -2.05. The van der Waals surface area contributed by atoms with E-state index in [1.54, 1.807) is 13.3 Å². The molecule has 0 unspecified atom stereocenters. The fourth-order valence-electron chi connectivity index (χ4n) is 2.35. The van der Waals surface area contributed by atoms with Gasteiger partial charge < -0.3 is 4.74 Å². The predicted molar refractivity (Wildman–Crippen MR) is 82.8 cm³/mol. The monoisotopic (exact) mass is 277 g/mol. The molecule has 104 valence electrons. The summed E-state index contributed by atoms with van der Waals surface area (Å²) in [7, 11) is 1.61. The van der Waals surface area contributed by atoms with E-state index < -0.39 is 0 Å². The quantitative estimate of drug-likeness (QED) is 0.683. The molecule has 0 aliphatic heterocycles. The maximum atomic E-state index is 12.4. The van der Waals surface area contributed by atoms with Crippen molar-refractivity contribution in [1.82, 2.24) is 4.98 Å². The van der Waals surface area contributed by atoms with Crippen molar-refractivity contribution in [2.45, 2.75) is 6.42 Å². The molecule has 0 N–H and O–H groups in total. The fraction of sp³-hybridized carbons (Fsp3) is 0.111. The molecule has 0 radical (unpaired) electrons. The third-order valence-electron chi connectivity index (χ3n) is 3.46. The van der Waals surface area contributed by atoms with Gasteiger partial charge in [0.2, 0.25) is 0 Å². The number of methoxy groups -OCH3 is 1. The molecule has 3 rings (SSSR count). The van der Waals surface area contributed by atoms with Crippen molar-refractivity contribution in [3.05, 3.63) is 71.9 Å². The fourth-order valence-corrected chi connectivity index (χ4v) is 2.35. The topological polar surface area (TPSA) is 39.2 Å². The largest absolute Gasteiger partial charge is 0.496 e. The first kappa shape index (κ1) is 13.3. The number of para-hydroxylation sites is 2. The van der Waals surface area contributed by atoms with Crippen molar-refractivity contribution in [1.29, 1.82) is 0 Å². The number of carbonyl (C=O) groups is 1. The van der Waals surface area contributed by atoms with Crippen LogP contribution in [0.4, 0.5) is 0 Å². The van der Waals surface area contributed by atoms with E-state index in [1.165, 1.54) is 0 Å². The Bertz CT molecular complexity index is 796. The molecule has 1 heterocycles. The number of pyridine rings is 1. The van der Waals surface area contributed by atoms with Crippen LogP contribution in [0.1, 0.15) is 15.9 Å². The lowest BCUT2D eigenvalue weighted by atomic mass is 10.0. The number of carbonyl (C=O) groups excluding carboxylic acids is 1. The molecule has 0 fully saturated rings. The molecule has 2 aromatic carbocycles. The average molecular weight is 277 g/mol. The van der Waals surface area contributed by atoms with Gasteiger partial charge in [0, 0.05) is 29.1 Å². The van der Waals surface area contributed by atoms with Crippen LogP contribution in [0.15, 0.2) is 60.8 Å². The number of Topliss-reactive ketones (excluding diaryl/α,β-unsaturated/α-hetero) is 1. The summed E-state index contributed by atoms with van der Waals surface area (Å²) in [4.78, 5) is 16.8. The Hall–Kier alpha value is -2.68. The molecule has 0 spiro atoms. The summed E-state index contributed by atoms with van der Waals surface area (Å²) in [6.07, 6.45) is 1.95. The van der Waals surface area contributed by atoms with Gasteiger partial charge in [0.25, 0.3) is 0 Å². The number of hydrogen-bond acceptors (Lipinski definition) is 3. The Balaban J connectivity index is 1.90. The standard InChI is InChI=1S/C18H15NO2/c1-21-18-9-5-3-7-14(18)11-17(20)15-10-13-6-2-4-8-16(13)19-12-15/h2-10,12H,11H2,1H3. The molecule has 3 nitrogen and oxygen atoms in total. The second kappa shape index (κ2) is 5.75. The van der Waals surface area contributed by atoms with Gasteiger partial charge in [-0.3, -0.25) is 9.78 Å². The Morgan fingerprint density at radius 1 is 1.10 bits per heavy atom. The lowest BCUT2D eigenvalue weighted by Gasteiger charge is -2.07. The number of fused-ring (bicyclic) bond motifs is 1. The van der Waals surface area contributed by atoms with Crippen molar-refractivity contribution in [2.24, 2.45) is 0 Å². The molecule has 0 bridgehead atoms. The summed E-state index contributed by atoms with van der Waals surface area (Å²) in [5, 5.41) is 0.975. The van der Waals surface area contributed by atoms with Gasteiger partial charge in [0.05, 0.1) is 12.6 Å². The zero-order chi connectivity index (χ0) is 14.7. The van der Waals surface area contributed by atoms with Gasteiger partial charge in [-0.2, -0.15) is 0 Å². The van der Waals surface area contributed by atoms with Crippen LogP contribution in [0, 0.1) is 0 Å². The van der Waals surface area contributed by atoms with Crippen molar-refractivity contribution in [3.8, 4) is 5.75 Å². The first-order valence-electron chi connectivity index (χ1n) is 6.78. The summed E-state index contributed by atoms with van der Waals surface area (Å²) in [5.74, 6) is 0.775. The van der Waals surface area contributed by atoms with E-state index in [9.17, 15) is 4.79 Å². The number of ketones is 1. The van der Waals surface area contributed by atoms with Gasteiger partial charge in [-0.15, -0.1) is 0 Å². The van der Waals surface area contributed by atoms with Gasteiger partial charge in [-0.1, -0.05) is 36.4 Å². The van der Waals surface area contributed by atoms with E-state index in [4.69, 9.17) is 4.74 Å². The van der Waals surface area contributed by atoms with Crippen LogP contribution < -0.4 is 4.74 Å². The summed E-state index contributed by atoms with van der Waals surface area (Å²) >= 11 is 0. The number of aromatic nitrogens is 1. The van der Waals surface area contributed by atoms with E-state index in [1.807, 2.05) is 54.6 Å². The second-order valence-corrected chi connectivity index (χ2v) is 4.83. The third kappa shape index (κ3) is 2.77. The smallest absolute Gasteiger partial charge is 0.168 e. The van der Waals surface area contributed by atoms with Crippen LogP contribution >= 0.6 is 0 Å². The zero-order valence-electron chi connectivity index (χ0n) is 11.7. The number of hydrogen-bond donors (Lipinski definition) is 0. The number of nitrogens with zero attached hydrogens (tertiary/aromatic N) is 1. The maximum Gasteiger partial charge on any atom is 0.168 e. The summed E-state index contributed by atoms with van der Waals surface area (Å²) in [5.41, 5.74) is 2.41. The molecule has 3 heteroatoms. The minimum absolute atomic E-state index is 0.0396. The lowest BCUT2D eigenvalue weighted by molar-refractivity contribution is 0.0992. The van der Waals surface area contributed by atoms with Gasteiger partial charge in [-0.05, 0) is 18.2 Å². The van der Waals surface area contributed by atoms with Gasteiger partial charge in [0.1, 0.15) is 5.75 Å². The number of ether oxygens (including phenoxy) is 1. The second-order valence-electron chi connectivity index (χ2n) is 4.83. The minimum Gasteiger partial charge on any atom is -0.496 e. The van der Waals surface area contributed by atoms with Crippen LogP contribution in [-0.2, 0) is 6.42 Å². The van der Waals surface area contributed by atoms with Crippen LogP contribution in [0.3, 0.4) is 0 Å².